The Balaban J connectivity index is 2.06. The molecule has 0 atom stereocenters. The standard InChI is InChI=1S/C16H18BrNO/c1-12-5-3-4-6-14(12)11-19-16-8-7-13(10-18-2)9-15(16)17/h3-9,18H,10-11H2,1-2H3. The molecule has 2 aromatic rings. The molecule has 1 N–H and O–H groups in total. The zero-order valence-corrected chi connectivity index (χ0v) is 12.8. The summed E-state index contributed by atoms with van der Waals surface area (Å²) >= 11 is 3.56. The van der Waals surface area contributed by atoms with Crippen LogP contribution in [0.2, 0.25) is 0 Å². The molecule has 0 aliphatic heterocycles. The van der Waals surface area contributed by atoms with E-state index in [1.54, 1.807) is 0 Å². The second-order valence-corrected chi connectivity index (χ2v) is 5.36. The van der Waals surface area contributed by atoms with Crippen LogP contribution in [0.5, 0.6) is 5.75 Å². The van der Waals surface area contributed by atoms with Gasteiger partial charge in [0.2, 0.25) is 0 Å². The molecule has 0 saturated heterocycles. The van der Waals surface area contributed by atoms with Crippen molar-refractivity contribution in [3.05, 3.63) is 63.6 Å². The Labute approximate surface area is 122 Å². The molecule has 0 bridgehead atoms. The highest BCUT2D eigenvalue weighted by atomic mass is 79.9. The highest BCUT2D eigenvalue weighted by molar-refractivity contribution is 9.10. The van der Waals surface area contributed by atoms with Gasteiger partial charge in [-0.2, -0.15) is 0 Å². The van der Waals surface area contributed by atoms with E-state index in [0.717, 1.165) is 16.8 Å². The lowest BCUT2D eigenvalue weighted by atomic mass is 10.1. The van der Waals surface area contributed by atoms with Crippen LogP contribution in [0.15, 0.2) is 46.9 Å². The van der Waals surface area contributed by atoms with Crippen molar-refractivity contribution in [1.82, 2.24) is 5.32 Å². The molecule has 0 amide bonds. The zero-order chi connectivity index (χ0) is 13.7. The van der Waals surface area contributed by atoms with E-state index in [1.165, 1.54) is 16.7 Å². The maximum Gasteiger partial charge on any atom is 0.134 e. The van der Waals surface area contributed by atoms with Gasteiger partial charge in [0.25, 0.3) is 0 Å². The Kier molecular flexibility index (Phi) is 5.00. The fourth-order valence-corrected chi connectivity index (χ4v) is 2.44. The van der Waals surface area contributed by atoms with E-state index >= 15 is 0 Å². The van der Waals surface area contributed by atoms with E-state index in [4.69, 9.17) is 4.74 Å². The third-order valence-corrected chi connectivity index (χ3v) is 3.64. The van der Waals surface area contributed by atoms with Crippen LogP contribution in [0, 0.1) is 6.92 Å². The number of halogens is 1. The van der Waals surface area contributed by atoms with Crippen LogP contribution >= 0.6 is 15.9 Å². The third kappa shape index (κ3) is 3.82. The maximum atomic E-state index is 5.87. The summed E-state index contributed by atoms with van der Waals surface area (Å²) in [5, 5.41) is 3.13. The Morgan fingerprint density at radius 3 is 2.63 bits per heavy atom. The third-order valence-electron chi connectivity index (χ3n) is 3.02. The van der Waals surface area contributed by atoms with Crippen LogP contribution < -0.4 is 10.1 Å². The van der Waals surface area contributed by atoms with Crippen LogP contribution in [0.4, 0.5) is 0 Å². The summed E-state index contributed by atoms with van der Waals surface area (Å²) in [6.45, 7) is 3.55. The Morgan fingerprint density at radius 1 is 1.16 bits per heavy atom. The van der Waals surface area contributed by atoms with E-state index in [0.29, 0.717) is 6.61 Å². The number of hydrogen-bond acceptors (Lipinski definition) is 2. The van der Waals surface area contributed by atoms with E-state index < -0.39 is 0 Å². The van der Waals surface area contributed by atoms with Crippen LogP contribution in [0.3, 0.4) is 0 Å². The summed E-state index contributed by atoms with van der Waals surface area (Å²) in [6, 6.07) is 14.5. The van der Waals surface area contributed by atoms with Crippen molar-refractivity contribution in [3.8, 4) is 5.75 Å². The summed E-state index contributed by atoms with van der Waals surface area (Å²) in [5.41, 5.74) is 3.71. The van der Waals surface area contributed by atoms with Crippen molar-refractivity contribution in [2.45, 2.75) is 20.1 Å². The molecule has 0 aliphatic carbocycles. The molecule has 3 heteroatoms. The summed E-state index contributed by atoms with van der Waals surface area (Å²) in [7, 11) is 1.94. The Hall–Kier alpha value is -1.32. The second-order valence-electron chi connectivity index (χ2n) is 4.51. The van der Waals surface area contributed by atoms with E-state index in [2.05, 4.69) is 52.4 Å². The molecular weight excluding hydrogens is 302 g/mol. The molecule has 0 radical (unpaired) electrons. The topological polar surface area (TPSA) is 21.3 Å². The second kappa shape index (κ2) is 6.73. The van der Waals surface area contributed by atoms with Gasteiger partial charge in [-0.25, -0.2) is 0 Å². The molecule has 0 spiro atoms. The first-order valence-electron chi connectivity index (χ1n) is 6.31. The van der Waals surface area contributed by atoms with Crippen molar-refractivity contribution in [1.29, 1.82) is 0 Å². The van der Waals surface area contributed by atoms with Gasteiger partial charge in [0.05, 0.1) is 4.47 Å². The van der Waals surface area contributed by atoms with Gasteiger partial charge in [-0.1, -0.05) is 30.3 Å². The largest absolute Gasteiger partial charge is 0.488 e. The maximum absolute atomic E-state index is 5.87. The first-order valence-corrected chi connectivity index (χ1v) is 7.10. The number of benzene rings is 2. The van der Waals surface area contributed by atoms with Gasteiger partial charge >= 0.3 is 0 Å². The molecule has 0 heterocycles. The average Bonchev–Trinajstić information content (AvgIpc) is 2.40. The molecular formula is C16H18BrNO. The molecule has 0 aromatic heterocycles. The Bertz CT molecular complexity index is 554. The van der Waals surface area contributed by atoms with Crippen molar-refractivity contribution in [3.63, 3.8) is 0 Å². The predicted molar refractivity (Wildman–Crippen MR) is 82.4 cm³/mol. The molecule has 2 nitrogen and oxygen atoms in total. The lowest BCUT2D eigenvalue weighted by Gasteiger charge is -2.11. The minimum absolute atomic E-state index is 0.594. The lowest BCUT2D eigenvalue weighted by molar-refractivity contribution is 0.303. The van der Waals surface area contributed by atoms with E-state index in [1.807, 2.05) is 25.2 Å². The molecule has 0 unspecified atom stereocenters. The van der Waals surface area contributed by atoms with Crippen molar-refractivity contribution in [2.75, 3.05) is 7.05 Å². The number of nitrogens with one attached hydrogen (secondary N) is 1. The molecule has 19 heavy (non-hydrogen) atoms. The number of rotatable bonds is 5. The minimum atomic E-state index is 0.594. The fraction of sp³-hybridized carbons (Fsp3) is 0.250. The monoisotopic (exact) mass is 319 g/mol. The fourth-order valence-electron chi connectivity index (χ4n) is 1.90. The normalized spacial score (nSPS) is 10.5. The summed E-state index contributed by atoms with van der Waals surface area (Å²) in [5.74, 6) is 0.878. The molecule has 100 valence electrons. The van der Waals surface area contributed by atoms with Gasteiger partial charge in [0, 0.05) is 6.54 Å². The predicted octanol–water partition coefficient (Wildman–Crippen LogP) is 4.06. The smallest absolute Gasteiger partial charge is 0.134 e. The van der Waals surface area contributed by atoms with Crippen molar-refractivity contribution in [2.24, 2.45) is 0 Å². The van der Waals surface area contributed by atoms with Crippen LogP contribution in [0.25, 0.3) is 0 Å². The van der Waals surface area contributed by atoms with Gasteiger partial charge in [-0.15, -0.1) is 0 Å². The number of ether oxygens (including phenoxy) is 1. The van der Waals surface area contributed by atoms with Crippen LogP contribution in [0.1, 0.15) is 16.7 Å². The van der Waals surface area contributed by atoms with Gasteiger partial charge in [0.1, 0.15) is 12.4 Å². The van der Waals surface area contributed by atoms with Crippen molar-refractivity contribution < 1.29 is 4.74 Å². The molecule has 2 rings (SSSR count). The lowest BCUT2D eigenvalue weighted by Crippen LogP contribution is -2.05. The number of hydrogen-bond donors (Lipinski definition) is 1. The Morgan fingerprint density at radius 2 is 1.95 bits per heavy atom. The van der Waals surface area contributed by atoms with Crippen molar-refractivity contribution >= 4 is 15.9 Å². The first-order chi connectivity index (χ1) is 9.20. The van der Waals surface area contributed by atoms with Gasteiger partial charge < -0.3 is 10.1 Å². The molecule has 2 aromatic carbocycles. The van der Waals surface area contributed by atoms with E-state index in [9.17, 15) is 0 Å². The first kappa shape index (κ1) is 14.1. The summed E-state index contributed by atoms with van der Waals surface area (Å²) in [4.78, 5) is 0. The summed E-state index contributed by atoms with van der Waals surface area (Å²) < 4.78 is 6.86. The van der Waals surface area contributed by atoms with Gasteiger partial charge in [-0.3, -0.25) is 0 Å². The highest BCUT2D eigenvalue weighted by Crippen LogP contribution is 2.27. The molecule has 0 aliphatic rings. The van der Waals surface area contributed by atoms with Crippen LogP contribution in [-0.2, 0) is 13.2 Å². The minimum Gasteiger partial charge on any atom is -0.488 e. The van der Waals surface area contributed by atoms with Gasteiger partial charge in [-0.05, 0) is 58.7 Å². The SMILES string of the molecule is CNCc1ccc(OCc2ccccc2C)c(Br)c1. The van der Waals surface area contributed by atoms with Crippen LogP contribution in [-0.4, -0.2) is 7.05 Å². The number of aryl methyl sites for hydroxylation is 1. The van der Waals surface area contributed by atoms with E-state index in [-0.39, 0.29) is 0 Å². The van der Waals surface area contributed by atoms with Gasteiger partial charge in [0.15, 0.2) is 0 Å². The zero-order valence-electron chi connectivity index (χ0n) is 11.2. The quantitative estimate of drug-likeness (QED) is 0.897. The summed E-state index contributed by atoms with van der Waals surface area (Å²) in [6.07, 6.45) is 0. The average molecular weight is 320 g/mol. The highest BCUT2D eigenvalue weighted by Gasteiger charge is 2.04. The molecule has 0 saturated carbocycles. The molecule has 0 fully saturated rings.